The minimum atomic E-state index is 0.307. The fraction of sp³-hybridized carbons (Fsp3) is 0.900. The van der Waals surface area contributed by atoms with Gasteiger partial charge in [0.15, 0.2) is 0 Å². The SMILES string of the molecule is CCNC1CCC(NC(=N)N(C)N)CC1. The van der Waals surface area contributed by atoms with E-state index in [1.165, 1.54) is 17.9 Å². The molecule has 0 unspecified atom stereocenters. The quantitative estimate of drug-likeness (QED) is 0.234. The third-order valence-corrected chi connectivity index (χ3v) is 2.91. The summed E-state index contributed by atoms with van der Waals surface area (Å²) in [6, 6.07) is 1.08. The van der Waals surface area contributed by atoms with Gasteiger partial charge >= 0.3 is 0 Å². The molecule has 0 aromatic rings. The van der Waals surface area contributed by atoms with Crippen LogP contribution in [0.25, 0.3) is 0 Å². The highest BCUT2D eigenvalue weighted by Crippen LogP contribution is 2.18. The van der Waals surface area contributed by atoms with Crippen LogP contribution in [0.5, 0.6) is 0 Å². The molecule has 0 heterocycles. The van der Waals surface area contributed by atoms with Crippen molar-refractivity contribution in [2.24, 2.45) is 5.84 Å². The molecule has 1 aliphatic rings. The molecule has 0 aromatic carbocycles. The van der Waals surface area contributed by atoms with Crippen molar-refractivity contribution in [2.75, 3.05) is 13.6 Å². The zero-order valence-electron chi connectivity index (χ0n) is 9.71. The van der Waals surface area contributed by atoms with Crippen LogP contribution in [0.4, 0.5) is 0 Å². The molecule has 0 aromatic heterocycles. The average molecular weight is 213 g/mol. The van der Waals surface area contributed by atoms with Crippen molar-refractivity contribution in [1.82, 2.24) is 15.6 Å². The Labute approximate surface area is 91.9 Å². The first-order chi connectivity index (χ1) is 7.13. The van der Waals surface area contributed by atoms with Crippen molar-refractivity contribution in [2.45, 2.75) is 44.7 Å². The standard InChI is InChI=1S/C10H23N5/c1-3-13-8-4-6-9(7-5-8)14-10(11)15(2)12/h8-9,13H,3-7,12H2,1-2H3,(H2,11,14). The van der Waals surface area contributed by atoms with Crippen LogP contribution in [-0.2, 0) is 0 Å². The lowest BCUT2D eigenvalue weighted by molar-refractivity contribution is 0.324. The van der Waals surface area contributed by atoms with Crippen LogP contribution >= 0.6 is 0 Å². The van der Waals surface area contributed by atoms with Crippen molar-refractivity contribution in [3.05, 3.63) is 0 Å². The predicted molar refractivity (Wildman–Crippen MR) is 62.5 cm³/mol. The minimum absolute atomic E-state index is 0.307. The van der Waals surface area contributed by atoms with Gasteiger partial charge < -0.3 is 10.6 Å². The molecule has 5 heteroatoms. The summed E-state index contributed by atoms with van der Waals surface area (Å²) in [7, 11) is 1.68. The van der Waals surface area contributed by atoms with Crippen LogP contribution in [0.2, 0.25) is 0 Å². The Balaban J connectivity index is 2.22. The summed E-state index contributed by atoms with van der Waals surface area (Å²) in [5, 5.41) is 15.5. The van der Waals surface area contributed by atoms with E-state index in [0.717, 1.165) is 19.4 Å². The lowest BCUT2D eigenvalue weighted by atomic mass is 9.91. The fourth-order valence-electron chi connectivity index (χ4n) is 2.03. The molecule has 0 aliphatic heterocycles. The number of hydrazine groups is 1. The Bertz CT molecular complexity index is 196. The molecule has 0 amide bonds. The number of nitrogens with one attached hydrogen (secondary N) is 3. The van der Waals surface area contributed by atoms with E-state index >= 15 is 0 Å². The molecule has 5 nitrogen and oxygen atoms in total. The summed E-state index contributed by atoms with van der Waals surface area (Å²) in [6.45, 7) is 3.19. The van der Waals surface area contributed by atoms with Gasteiger partial charge in [-0.3, -0.25) is 10.4 Å². The molecular formula is C10H23N5. The highest BCUT2D eigenvalue weighted by atomic mass is 15.5. The summed E-state index contributed by atoms with van der Waals surface area (Å²) < 4.78 is 0. The number of nitrogens with two attached hydrogens (primary N) is 1. The largest absolute Gasteiger partial charge is 0.353 e. The molecule has 1 fully saturated rings. The van der Waals surface area contributed by atoms with Gasteiger partial charge in [-0.15, -0.1) is 0 Å². The second-order valence-corrected chi connectivity index (χ2v) is 4.21. The lowest BCUT2D eigenvalue weighted by Gasteiger charge is -2.31. The van der Waals surface area contributed by atoms with Gasteiger partial charge in [0.1, 0.15) is 0 Å². The smallest absolute Gasteiger partial charge is 0.205 e. The number of guanidine groups is 1. The molecule has 0 atom stereocenters. The van der Waals surface area contributed by atoms with Gasteiger partial charge in [0.05, 0.1) is 0 Å². The predicted octanol–water partition coefficient (Wildman–Crippen LogP) is 0.237. The maximum Gasteiger partial charge on any atom is 0.205 e. The molecule has 5 N–H and O–H groups in total. The number of hydrogen-bond donors (Lipinski definition) is 4. The minimum Gasteiger partial charge on any atom is -0.353 e. The summed E-state index contributed by atoms with van der Waals surface area (Å²) in [5.41, 5.74) is 0. The molecule has 0 saturated heterocycles. The number of hydrogen-bond acceptors (Lipinski definition) is 3. The molecule has 0 spiro atoms. The first kappa shape index (κ1) is 12.3. The molecule has 15 heavy (non-hydrogen) atoms. The maximum atomic E-state index is 7.59. The zero-order valence-corrected chi connectivity index (χ0v) is 9.71. The third-order valence-electron chi connectivity index (χ3n) is 2.91. The third kappa shape index (κ3) is 4.05. The molecule has 1 saturated carbocycles. The van der Waals surface area contributed by atoms with E-state index in [2.05, 4.69) is 17.6 Å². The normalized spacial score (nSPS) is 26.1. The molecule has 0 bridgehead atoms. The summed E-state index contributed by atoms with van der Waals surface area (Å²) in [5.74, 6) is 5.77. The molecule has 1 rings (SSSR count). The number of nitrogens with zero attached hydrogens (tertiary/aromatic N) is 1. The van der Waals surface area contributed by atoms with Crippen molar-refractivity contribution >= 4 is 5.96 Å². The molecule has 0 radical (unpaired) electrons. The summed E-state index contributed by atoms with van der Waals surface area (Å²) in [4.78, 5) is 0. The Kier molecular flexibility index (Phi) is 4.84. The van der Waals surface area contributed by atoms with Gasteiger partial charge in [0.2, 0.25) is 5.96 Å². The van der Waals surface area contributed by atoms with Crippen molar-refractivity contribution < 1.29 is 0 Å². The summed E-state index contributed by atoms with van der Waals surface area (Å²) >= 11 is 0. The van der Waals surface area contributed by atoms with Crippen LogP contribution in [0.3, 0.4) is 0 Å². The van der Waals surface area contributed by atoms with Gasteiger partial charge in [-0.25, -0.2) is 5.84 Å². The van der Waals surface area contributed by atoms with Crippen LogP contribution in [0.15, 0.2) is 0 Å². The van der Waals surface area contributed by atoms with E-state index < -0.39 is 0 Å². The molecule has 1 aliphatic carbocycles. The van der Waals surface area contributed by atoms with Gasteiger partial charge in [-0.05, 0) is 32.2 Å². The van der Waals surface area contributed by atoms with Crippen LogP contribution < -0.4 is 16.5 Å². The van der Waals surface area contributed by atoms with E-state index in [0.29, 0.717) is 18.0 Å². The zero-order chi connectivity index (χ0) is 11.3. The van der Waals surface area contributed by atoms with Crippen molar-refractivity contribution in [1.29, 1.82) is 5.41 Å². The lowest BCUT2D eigenvalue weighted by Crippen LogP contribution is -2.49. The first-order valence-electron chi connectivity index (χ1n) is 5.70. The molecule has 88 valence electrons. The van der Waals surface area contributed by atoms with E-state index in [-0.39, 0.29) is 0 Å². The Hall–Kier alpha value is -0.810. The van der Waals surface area contributed by atoms with Gasteiger partial charge in [0, 0.05) is 19.1 Å². The van der Waals surface area contributed by atoms with E-state index in [9.17, 15) is 0 Å². The molecular weight excluding hydrogens is 190 g/mol. The second kappa shape index (κ2) is 5.92. The number of rotatable bonds is 3. The van der Waals surface area contributed by atoms with Crippen LogP contribution in [0.1, 0.15) is 32.6 Å². The Morgan fingerprint density at radius 2 is 1.87 bits per heavy atom. The van der Waals surface area contributed by atoms with Gasteiger partial charge in [-0.2, -0.15) is 0 Å². The highest BCUT2D eigenvalue weighted by molar-refractivity contribution is 5.75. The van der Waals surface area contributed by atoms with Crippen LogP contribution in [-0.4, -0.2) is 36.6 Å². The van der Waals surface area contributed by atoms with E-state index in [1.54, 1.807) is 7.05 Å². The summed E-state index contributed by atoms with van der Waals surface area (Å²) in [6.07, 6.45) is 4.61. The first-order valence-corrected chi connectivity index (χ1v) is 5.70. The highest BCUT2D eigenvalue weighted by Gasteiger charge is 2.21. The van der Waals surface area contributed by atoms with Crippen molar-refractivity contribution in [3.8, 4) is 0 Å². The van der Waals surface area contributed by atoms with E-state index in [4.69, 9.17) is 11.3 Å². The fourth-order valence-corrected chi connectivity index (χ4v) is 2.03. The average Bonchev–Trinajstić information content (AvgIpc) is 2.21. The Morgan fingerprint density at radius 3 is 2.33 bits per heavy atom. The monoisotopic (exact) mass is 213 g/mol. The van der Waals surface area contributed by atoms with Gasteiger partial charge in [0.25, 0.3) is 0 Å². The second-order valence-electron chi connectivity index (χ2n) is 4.21. The van der Waals surface area contributed by atoms with Gasteiger partial charge in [-0.1, -0.05) is 6.92 Å². The topological polar surface area (TPSA) is 77.2 Å². The van der Waals surface area contributed by atoms with E-state index in [1.807, 2.05) is 0 Å². The van der Waals surface area contributed by atoms with Crippen LogP contribution in [0, 0.1) is 5.41 Å². The van der Waals surface area contributed by atoms with Crippen molar-refractivity contribution in [3.63, 3.8) is 0 Å². The Morgan fingerprint density at radius 1 is 1.33 bits per heavy atom. The maximum absolute atomic E-state index is 7.59.